The molecule has 1 aliphatic rings. The van der Waals surface area contributed by atoms with Gasteiger partial charge in [0.2, 0.25) is 0 Å². The second-order valence-corrected chi connectivity index (χ2v) is 9.94. The minimum Gasteiger partial charge on any atom is -0.388 e. The lowest BCUT2D eigenvalue weighted by atomic mass is 9.83. The number of rotatable bonds is 8. The molecule has 0 saturated carbocycles. The molecular weight excluding hydrogens is 478 g/mol. The average Bonchev–Trinajstić information content (AvgIpc) is 2.86. The van der Waals surface area contributed by atoms with E-state index >= 15 is 0 Å². The van der Waals surface area contributed by atoms with Gasteiger partial charge in [0.05, 0.1) is 11.7 Å². The van der Waals surface area contributed by atoms with Crippen molar-refractivity contribution in [2.24, 2.45) is 0 Å². The molecule has 4 nitrogen and oxygen atoms in total. The summed E-state index contributed by atoms with van der Waals surface area (Å²) in [5, 5.41) is 32.6. The fourth-order valence-corrected chi connectivity index (χ4v) is 4.89. The number of aliphatic hydroxyl groups is 3. The number of hydrogen-bond acceptors (Lipinski definition) is 4. The summed E-state index contributed by atoms with van der Waals surface area (Å²) in [5.74, 6) is 0. The Morgan fingerprint density at radius 2 is 1.48 bits per heavy atom. The molecule has 174 valence electrons. The Labute approximate surface area is 204 Å². The molecule has 0 spiro atoms. The van der Waals surface area contributed by atoms with Crippen LogP contribution in [0, 0.1) is 0 Å². The van der Waals surface area contributed by atoms with Gasteiger partial charge in [0.25, 0.3) is 0 Å². The largest absolute Gasteiger partial charge is 0.388 e. The van der Waals surface area contributed by atoms with E-state index in [9.17, 15) is 15.3 Å². The predicted molar refractivity (Wildman–Crippen MR) is 135 cm³/mol. The van der Waals surface area contributed by atoms with E-state index in [1.165, 1.54) is 0 Å². The zero-order valence-corrected chi connectivity index (χ0v) is 20.4. The van der Waals surface area contributed by atoms with Gasteiger partial charge in [0.15, 0.2) is 0 Å². The highest BCUT2D eigenvalue weighted by Gasteiger charge is 2.34. The van der Waals surface area contributed by atoms with E-state index in [1.807, 2.05) is 78.9 Å². The van der Waals surface area contributed by atoms with Crippen molar-refractivity contribution in [1.82, 2.24) is 4.90 Å². The van der Waals surface area contributed by atoms with Crippen LogP contribution < -0.4 is 0 Å². The van der Waals surface area contributed by atoms with Gasteiger partial charge >= 0.3 is 0 Å². The van der Waals surface area contributed by atoms with E-state index in [-0.39, 0.29) is 0 Å². The number of likely N-dealkylation sites (tertiary alicyclic amines) is 1. The molecule has 1 aliphatic heterocycles. The van der Waals surface area contributed by atoms with Gasteiger partial charge in [-0.1, -0.05) is 76.6 Å². The van der Waals surface area contributed by atoms with Crippen LogP contribution in [0.15, 0.2) is 83.3 Å². The first-order chi connectivity index (χ1) is 15.9. The average molecular weight is 510 g/mol. The fourth-order valence-electron chi connectivity index (χ4n) is 4.62. The first-order valence-corrected chi connectivity index (χ1v) is 12.5. The van der Waals surface area contributed by atoms with E-state index in [0.717, 1.165) is 59.2 Å². The maximum Gasteiger partial charge on any atom is 0.104 e. The van der Waals surface area contributed by atoms with Crippen molar-refractivity contribution in [3.8, 4) is 0 Å². The molecule has 3 aromatic carbocycles. The third-order valence-corrected chi connectivity index (χ3v) is 7.27. The lowest BCUT2D eigenvalue weighted by molar-refractivity contribution is -0.0267. The second-order valence-electron chi connectivity index (χ2n) is 9.02. The normalized spacial score (nSPS) is 18.1. The number of halogens is 1. The van der Waals surface area contributed by atoms with Gasteiger partial charge in [-0.3, -0.25) is 0 Å². The number of nitrogens with zero attached hydrogens (tertiary/aromatic N) is 1. The molecule has 5 heteroatoms. The molecule has 1 saturated heterocycles. The van der Waals surface area contributed by atoms with Crippen molar-refractivity contribution < 1.29 is 15.3 Å². The second kappa shape index (κ2) is 10.9. The van der Waals surface area contributed by atoms with Gasteiger partial charge in [-0.15, -0.1) is 0 Å². The van der Waals surface area contributed by atoms with Gasteiger partial charge in [-0.25, -0.2) is 0 Å². The molecule has 2 atom stereocenters. The summed E-state index contributed by atoms with van der Waals surface area (Å²) in [6.45, 7) is 2.54. The van der Waals surface area contributed by atoms with Crippen molar-refractivity contribution >= 4 is 15.9 Å². The number of hydrogen-bond donors (Lipinski definition) is 3. The van der Waals surface area contributed by atoms with Gasteiger partial charge in [0, 0.05) is 17.6 Å². The van der Waals surface area contributed by atoms with E-state index in [0.29, 0.717) is 12.8 Å². The summed E-state index contributed by atoms with van der Waals surface area (Å²) in [5.41, 5.74) is 2.60. The topological polar surface area (TPSA) is 63.9 Å². The Balaban J connectivity index is 1.30. The van der Waals surface area contributed by atoms with Crippen LogP contribution in [0.4, 0.5) is 0 Å². The van der Waals surface area contributed by atoms with Gasteiger partial charge in [-0.2, -0.15) is 0 Å². The van der Waals surface area contributed by atoms with Crippen molar-refractivity contribution in [1.29, 1.82) is 0 Å². The molecule has 0 aromatic heterocycles. The first-order valence-electron chi connectivity index (χ1n) is 11.7. The van der Waals surface area contributed by atoms with Gasteiger partial charge in [-0.05, 0) is 72.7 Å². The smallest absolute Gasteiger partial charge is 0.104 e. The predicted octanol–water partition coefficient (Wildman–Crippen LogP) is 5.33. The highest BCUT2D eigenvalue weighted by molar-refractivity contribution is 9.10. The van der Waals surface area contributed by atoms with Crippen LogP contribution in [-0.2, 0) is 5.60 Å². The summed E-state index contributed by atoms with van der Waals surface area (Å²) in [6, 6.07) is 25.2. The highest BCUT2D eigenvalue weighted by atomic mass is 79.9. The number of benzene rings is 3. The van der Waals surface area contributed by atoms with Crippen molar-refractivity contribution in [2.75, 3.05) is 19.6 Å². The van der Waals surface area contributed by atoms with Gasteiger partial charge < -0.3 is 20.2 Å². The van der Waals surface area contributed by atoms with Gasteiger partial charge in [0.1, 0.15) is 6.10 Å². The molecule has 0 aliphatic carbocycles. The molecule has 0 amide bonds. The zero-order valence-electron chi connectivity index (χ0n) is 18.8. The fraction of sp³-hybridized carbons (Fsp3) is 0.357. The van der Waals surface area contributed by atoms with Crippen molar-refractivity contribution in [3.05, 3.63) is 106 Å². The third kappa shape index (κ3) is 6.11. The lowest BCUT2D eigenvalue weighted by Gasteiger charge is -2.39. The quantitative estimate of drug-likeness (QED) is 0.384. The molecule has 4 rings (SSSR count). The number of aliphatic hydroxyl groups excluding tert-OH is 2. The van der Waals surface area contributed by atoms with Crippen molar-refractivity contribution in [2.45, 2.75) is 43.5 Å². The summed E-state index contributed by atoms with van der Waals surface area (Å²) < 4.78 is 1.01. The summed E-state index contributed by atoms with van der Waals surface area (Å²) in [6.07, 6.45) is 1.81. The summed E-state index contributed by atoms with van der Waals surface area (Å²) in [7, 11) is 0. The zero-order chi connectivity index (χ0) is 23.3. The molecule has 1 fully saturated rings. The standard InChI is InChI=1S/C28H32BrNO3/c29-25-13-11-21(12-14-25)26(31)10-5-17-30-18-15-28(33,16-19-30)24-9-4-8-23(20-24)27(32)22-6-2-1-3-7-22/h1-4,6-9,11-14,20,26-27,31-33H,5,10,15-19H2. The van der Waals surface area contributed by atoms with E-state index < -0.39 is 17.8 Å². The molecular formula is C28H32BrNO3. The van der Waals surface area contributed by atoms with E-state index in [1.54, 1.807) is 0 Å². The summed E-state index contributed by atoms with van der Waals surface area (Å²) >= 11 is 3.43. The van der Waals surface area contributed by atoms with Crippen LogP contribution >= 0.6 is 15.9 Å². The van der Waals surface area contributed by atoms with Crippen LogP contribution in [0.3, 0.4) is 0 Å². The Bertz CT molecular complexity index is 1020. The Morgan fingerprint density at radius 1 is 0.818 bits per heavy atom. The summed E-state index contributed by atoms with van der Waals surface area (Å²) in [4.78, 5) is 2.37. The van der Waals surface area contributed by atoms with Crippen LogP contribution in [-0.4, -0.2) is 39.9 Å². The molecule has 3 N–H and O–H groups in total. The maximum absolute atomic E-state index is 11.4. The SMILES string of the molecule is OC(CCCN1CCC(O)(c2cccc(C(O)c3ccccc3)c2)CC1)c1ccc(Br)cc1. The van der Waals surface area contributed by atoms with Crippen molar-refractivity contribution in [3.63, 3.8) is 0 Å². The first kappa shape index (κ1) is 24.1. The molecule has 2 unspecified atom stereocenters. The van der Waals surface area contributed by atoms with E-state index in [4.69, 9.17) is 0 Å². The Kier molecular flexibility index (Phi) is 7.99. The molecule has 0 radical (unpaired) electrons. The molecule has 33 heavy (non-hydrogen) atoms. The van der Waals surface area contributed by atoms with Crippen LogP contribution in [0.1, 0.15) is 60.1 Å². The third-order valence-electron chi connectivity index (χ3n) is 6.74. The van der Waals surface area contributed by atoms with E-state index in [2.05, 4.69) is 20.8 Å². The van der Waals surface area contributed by atoms with Crippen LogP contribution in [0.25, 0.3) is 0 Å². The Morgan fingerprint density at radius 3 is 2.18 bits per heavy atom. The minimum atomic E-state index is -0.875. The van der Waals surface area contributed by atoms with Crippen LogP contribution in [0.2, 0.25) is 0 Å². The lowest BCUT2D eigenvalue weighted by Crippen LogP contribution is -2.43. The highest BCUT2D eigenvalue weighted by Crippen LogP contribution is 2.35. The number of piperidine rings is 1. The molecule has 0 bridgehead atoms. The molecule has 1 heterocycles. The molecule has 3 aromatic rings. The maximum atomic E-state index is 11.4. The monoisotopic (exact) mass is 509 g/mol. The minimum absolute atomic E-state index is 0.446. The Hall–Kier alpha value is -2.02. The van der Waals surface area contributed by atoms with Crippen LogP contribution in [0.5, 0.6) is 0 Å².